The second kappa shape index (κ2) is 5.79. The highest BCUT2D eigenvalue weighted by molar-refractivity contribution is 5.90. The molecular formula is C13H10N2O5. The molecular weight excluding hydrogens is 264 g/mol. The van der Waals surface area contributed by atoms with Crippen molar-refractivity contribution in [2.45, 2.75) is 0 Å². The molecule has 0 bridgehead atoms. The number of ether oxygens (including phenoxy) is 2. The van der Waals surface area contributed by atoms with Crippen LogP contribution in [0.1, 0.15) is 21.0 Å². The Morgan fingerprint density at radius 1 is 1.05 bits per heavy atom. The van der Waals surface area contributed by atoms with Gasteiger partial charge in [0.05, 0.1) is 19.5 Å². The average Bonchev–Trinajstić information content (AvgIpc) is 2.48. The maximum atomic E-state index is 11.8. The Hall–Kier alpha value is -2.96. The summed E-state index contributed by atoms with van der Waals surface area (Å²) < 4.78 is 10.2. The van der Waals surface area contributed by atoms with Crippen molar-refractivity contribution < 1.29 is 24.2 Å². The number of carboxylic acid groups (broad SMARTS) is 1. The molecule has 1 aromatic carbocycles. The molecule has 0 aliphatic rings. The molecule has 0 saturated carbocycles. The van der Waals surface area contributed by atoms with Gasteiger partial charge in [0.15, 0.2) is 22.9 Å². The van der Waals surface area contributed by atoms with Crippen molar-refractivity contribution in [3.63, 3.8) is 0 Å². The number of para-hydroxylation sites is 2. The van der Waals surface area contributed by atoms with Crippen LogP contribution in [0.3, 0.4) is 0 Å². The van der Waals surface area contributed by atoms with Crippen LogP contribution >= 0.6 is 0 Å². The minimum absolute atomic E-state index is 0.0964. The largest absolute Gasteiger partial charge is 0.493 e. The Morgan fingerprint density at radius 3 is 2.20 bits per heavy atom. The molecule has 7 nitrogen and oxygen atoms in total. The van der Waals surface area contributed by atoms with Gasteiger partial charge in [-0.15, -0.1) is 0 Å². The molecule has 2 rings (SSSR count). The predicted molar refractivity (Wildman–Crippen MR) is 66.9 cm³/mol. The van der Waals surface area contributed by atoms with Gasteiger partial charge < -0.3 is 14.6 Å². The first-order chi connectivity index (χ1) is 9.61. The summed E-state index contributed by atoms with van der Waals surface area (Å²) in [6.07, 6.45) is 2.03. The van der Waals surface area contributed by atoms with Gasteiger partial charge in [0.1, 0.15) is 0 Å². The fourth-order valence-electron chi connectivity index (χ4n) is 1.40. The number of aromatic carboxylic acids is 1. The molecule has 0 spiro atoms. The molecule has 1 heterocycles. The Balaban J connectivity index is 2.17. The van der Waals surface area contributed by atoms with Gasteiger partial charge in [0.25, 0.3) is 0 Å². The maximum absolute atomic E-state index is 11.8. The molecule has 102 valence electrons. The summed E-state index contributed by atoms with van der Waals surface area (Å²) in [5, 5.41) is 8.68. The average molecular weight is 274 g/mol. The smallest absolute Gasteiger partial charge is 0.364 e. The summed E-state index contributed by atoms with van der Waals surface area (Å²) >= 11 is 0. The van der Waals surface area contributed by atoms with Crippen molar-refractivity contribution in [1.29, 1.82) is 0 Å². The molecule has 0 atom stereocenters. The second-order valence-corrected chi connectivity index (χ2v) is 3.63. The number of benzene rings is 1. The lowest BCUT2D eigenvalue weighted by Crippen LogP contribution is -2.13. The highest BCUT2D eigenvalue weighted by Gasteiger charge is 2.14. The Kier molecular flexibility index (Phi) is 3.90. The summed E-state index contributed by atoms with van der Waals surface area (Å²) in [5.41, 5.74) is -0.347. The third-order valence-corrected chi connectivity index (χ3v) is 2.35. The van der Waals surface area contributed by atoms with Gasteiger partial charge in [0.2, 0.25) is 0 Å². The number of carboxylic acids is 1. The number of carbonyl (C=O) groups is 2. The molecule has 0 saturated heterocycles. The van der Waals surface area contributed by atoms with E-state index >= 15 is 0 Å². The van der Waals surface area contributed by atoms with Gasteiger partial charge in [-0.05, 0) is 12.1 Å². The monoisotopic (exact) mass is 274 g/mol. The van der Waals surface area contributed by atoms with Crippen molar-refractivity contribution in [1.82, 2.24) is 9.97 Å². The highest BCUT2D eigenvalue weighted by atomic mass is 16.6. The lowest BCUT2D eigenvalue weighted by molar-refractivity contribution is 0.0682. The van der Waals surface area contributed by atoms with Crippen LogP contribution in [0.15, 0.2) is 36.7 Å². The number of carbonyl (C=O) groups excluding carboxylic acids is 1. The Labute approximate surface area is 113 Å². The zero-order valence-corrected chi connectivity index (χ0v) is 10.4. The van der Waals surface area contributed by atoms with Crippen molar-refractivity contribution in [3.8, 4) is 11.5 Å². The summed E-state index contributed by atoms with van der Waals surface area (Å²) in [5.74, 6) is -1.33. The molecule has 0 unspecified atom stereocenters. The van der Waals surface area contributed by atoms with E-state index in [2.05, 4.69) is 9.97 Å². The first-order valence-corrected chi connectivity index (χ1v) is 5.52. The number of esters is 1. The van der Waals surface area contributed by atoms with E-state index in [1.807, 2.05) is 0 Å². The second-order valence-electron chi connectivity index (χ2n) is 3.63. The fourth-order valence-corrected chi connectivity index (χ4v) is 1.40. The van der Waals surface area contributed by atoms with Gasteiger partial charge >= 0.3 is 11.9 Å². The first-order valence-electron chi connectivity index (χ1n) is 5.52. The number of hydrogen-bond acceptors (Lipinski definition) is 6. The van der Waals surface area contributed by atoms with Crippen LogP contribution in [0.25, 0.3) is 0 Å². The van der Waals surface area contributed by atoms with Crippen molar-refractivity contribution >= 4 is 11.9 Å². The minimum atomic E-state index is -1.22. The van der Waals surface area contributed by atoms with E-state index in [0.29, 0.717) is 5.75 Å². The van der Waals surface area contributed by atoms with E-state index in [-0.39, 0.29) is 17.1 Å². The van der Waals surface area contributed by atoms with Crippen LogP contribution < -0.4 is 9.47 Å². The molecule has 0 aliphatic heterocycles. The van der Waals surface area contributed by atoms with Crippen LogP contribution in [0.5, 0.6) is 11.5 Å². The molecule has 0 amide bonds. The summed E-state index contributed by atoms with van der Waals surface area (Å²) in [4.78, 5) is 29.7. The van der Waals surface area contributed by atoms with E-state index < -0.39 is 11.9 Å². The van der Waals surface area contributed by atoms with Crippen LogP contribution in [-0.2, 0) is 0 Å². The summed E-state index contributed by atoms with van der Waals surface area (Å²) in [7, 11) is 1.45. The normalized spacial score (nSPS) is 9.85. The third-order valence-electron chi connectivity index (χ3n) is 2.35. The van der Waals surface area contributed by atoms with Crippen LogP contribution in [0, 0.1) is 0 Å². The van der Waals surface area contributed by atoms with Gasteiger partial charge in [-0.3, -0.25) is 0 Å². The Morgan fingerprint density at radius 2 is 1.65 bits per heavy atom. The van der Waals surface area contributed by atoms with E-state index in [9.17, 15) is 9.59 Å². The number of aromatic nitrogens is 2. The van der Waals surface area contributed by atoms with E-state index in [4.69, 9.17) is 14.6 Å². The molecule has 0 fully saturated rings. The van der Waals surface area contributed by atoms with E-state index in [1.54, 1.807) is 24.3 Å². The molecule has 7 heteroatoms. The van der Waals surface area contributed by atoms with Gasteiger partial charge in [-0.2, -0.15) is 0 Å². The molecule has 1 aromatic heterocycles. The highest BCUT2D eigenvalue weighted by Crippen LogP contribution is 2.26. The van der Waals surface area contributed by atoms with Gasteiger partial charge in [-0.1, -0.05) is 12.1 Å². The topological polar surface area (TPSA) is 98.6 Å². The van der Waals surface area contributed by atoms with E-state index in [1.165, 1.54) is 7.11 Å². The molecule has 0 radical (unpaired) electrons. The fraction of sp³-hybridized carbons (Fsp3) is 0.0769. The first kappa shape index (κ1) is 13.5. The molecule has 1 N–H and O–H groups in total. The number of hydrogen-bond donors (Lipinski definition) is 1. The van der Waals surface area contributed by atoms with Crippen LogP contribution in [0.4, 0.5) is 0 Å². The summed E-state index contributed by atoms with van der Waals surface area (Å²) in [6, 6.07) is 6.62. The lowest BCUT2D eigenvalue weighted by Gasteiger charge is -2.07. The molecule has 20 heavy (non-hydrogen) atoms. The lowest BCUT2D eigenvalue weighted by atomic mass is 10.3. The quantitative estimate of drug-likeness (QED) is 0.664. The minimum Gasteiger partial charge on any atom is -0.493 e. The van der Waals surface area contributed by atoms with Crippen LogP contribution in [-0.4, -0.2) is 34.1 Å². The van der Waals surface area contributed by atoms with Crippen molar-refractivity contribution in [2.75, 3.05) is 7.11 Å². The Bertz CT molecular complexity index is 639. The number of nitrogens with zero attached hydrogens (tertiary/aromatic N) is 2. The zero-order chi connectivity index (χ0) is 14.5. The van der Waals surface area contributed by atoms with E-state index in [0.717, 1.165) is 12.4 Å². The van der Waals surface area contributed by atoms with Gasteiger partial charge in [-0.25, -0.2) is 19.6 Å². The maximum Gasteiger partial charge on any atom is 0.364 e. The molecule has 2 aromatic rings. The number of methoxy groups -OCH3 is 1. The van der Waals surface area contributed by atoms with Crippen molar-refractivity contribution in [2.24, 2.45) is 0 Å². The van der Waals surface area contributed by atoms with Gasteiger partial charge in [0, 0.05) is 0 Å². The SMILES string of the molecule is COc1ccccc1OC(=O)c1cnc(C(=O)O)cn1. The molecule has 0 aliphatic carbocycles. The third kappa shape index (κ3) is 2.89. The standard InChI is InChI=1S/C13H10N2O5/c1-19-10-4-2-3-5-11(10)20-13(18)9-7-14-8(6-15-9)12(16)17/h2-7H,1H3,(H,16,17). The number of rotatable bonds is 4. The summed E-state index contributed by atoms with van der Waals surface area (Å²) in [6.45, 7) is 0. The predicted octanol–water partition coefficient (Wildman–Crippen LogP) is 1.40. The zero-order valence-electron chi connectivity index (χ0n) is 10.4. The van der Waals surface area contributed by atoms with Crippen LogP contribution in [0.2, 0.25) is 0 Å². The van der Waals surface area contributed by atoms with Crippen molar-refractivity contribution in [3.05, 3.63) is 48.0 Å².